The van der Waals surface area contributed by atoms with Crippen molar-refractivity contribution in [3.63, 3.8) is 0 Å². The molecule has 0 aromatic heterocycles. The molecule has 0 aromatic carbocycles. The number of carbonyl (C=O) groups excluding carboxylic acids is 3. The van der Waals surface area contributed by atoms with E-state index in [2.05, 4.69) is 57.2 Å². The molecule has 0 aliphatic rings. The highest BCUT2D eigenvalue weighted by atomic mass is 16.6. The number of unbranched alkanes of at least 4 members (excludes halogenated alkanes) is 41. The predicted molar refractivity (Wildman–Crippen MR) is 307 cm³/mol. The summed E-state index contributed by atoms with van der Waals surface area (Å²) in [5.74, 6) is -0.862. The maximum atomic E-state index is 12.9. The van der Waals surface area contributed by atoms with Crippen LogP contribution in [0.15, 0.2) is 36.5 Å². The number of ether oxygens (including phenoxy) is 3. The SMILES string of the molecule is CCCCC/C=C\C/C=C\CCCCCCCCCCCC(=O)OC[C@@H](COC(=O)CCCCCCC/C=C\CCCCCCCC)OC(=O)CCCCCCCCCCCCCCCCCCCCC. The van der Waals surface area contributed by atoms with E-state index in [0.29, 0.717) is 19.3 Å². The van der Waals surface area contributed by atoms with Crippen LogP contribution in [-0.2, 0) is 28.6 Å². The number of carbonyl (C=O) groups is 3. The molecular weight excluding hydrogens is 877 g/mol. The van der Waals surface area contributed by atoms with Gasteiger partial charge in [0.1, 0.15) is 13.2 Å². The van der Waals surface area contributed by atoms with Gasteiger partial charge in [0.2, 0.25) is 0 Å². The van der Waals surface area contributed by atoms with E-state index in [1.54, 1.807) is 0 Å². The lowest BCUT2D eigenvalue weighted by Gasteiger charge is -2.18. The lowest BCUT2D eigenvalue weighted by Crippen LogP contribution is -2.30. The predicted octanol–water partition coefficient (Wildman–Crippen LogP) is 21.2. The summed E-state index contributed by atoms with van der Waals surface area (Å²) in [6, 6.07) is 0. The second-order valence-corrected chi connectivity index (χ2v) is 21.3. The first-order chi connectivity index (χ1) is 35.0. The lowest BCUT2D eigenvalue weighted by molar-refractivity contribution is -0.167. The number of esters is 3. The smallest absolute Gasteiger partial charge is 0.306 e. The highest BCUT2D eigenvalue weighted by molar-refractivity contribution is 5.71. The van der Waals surface area contributed by atoms with Crippen LogP contribution >= 0.6 is 0 Å². The van der Waals surface area contributed by atoms with Gasteiger partial charge in [-0.2, -0.15) is 0 Å². The Morgan fingerprint density at radius 2 is 0.507 bits per heavy atom. The second kappa shape index (κ2) is 60.2. The second-order valence-electron chi connectivity index (χ2n) is 21.3. The van der Waals surface area contributed by atoms with Crippen LogP contribution in [0.4, 0.5) is 0 Å². The van der Waals surface area contributed by atoms with Gasteiger partial charge in [-0.3, -0.25) is 14.4 Å². The Balaban J connectivity index is 4.33. The standard InChI is InChI=1S/C65H120O6/c1-4-7-10-13-16-19-22-25-28-30-32-34-37-40-43-46-49-52-55-58-64(67)70-61-62(60-69-63(66)57-54-51-48-45-42-39-36-27-24-21-18-15-12-9-6-3)71-65(68)59-56-53-50-47-44-41-38-35-33-31-29-26-23-20-17-14-11-8-5-2/h16,19,25,27-28,36,62H,4-15,17-18,20-24,26,29-35,37-61H2,1-3H3/b19-16-,28-25-,36-27-/t62-/m1/s1. The van der Waals surface area contributed by atoms with Crippen molar-refractivity contribution in [3.05, 3.63) is 36.5 Å². The Morgan fingerprint density at radius 1 is 0.282 bits per heavy atom. The maximum Gasteiger partial charge on any atom is 0.306 e. The summed E-state index contributed by atoms with van der Waals surface area (Å²) in [7, 11) is 0. The normalized spacial score (nSPS) is 12.2. The van der Waals surface area contributed by atoms with Crippen molar-refractivity contribution in [1.82, 2.24) is 0 Å². The number of hydrogen-bond acceptors (Lipinski definition) is 6. The van der Waals surface area contributed by atoms with Crippen molar-refractivity contribution >= 4 is 17.9 Å². The highest BCUT2D eigenvalue weighted by Gasteiger charge is 2.19. The third kappa shape index (κ3) is 58.4. The van der Waals surface area contributed by atoms with E-state index < -0.39 is 6.10 Å². The molecule has 6 heteroatoms. The zero-order valence-corrected chi connectivity index (χ0v) is 47.8. The highest BCUT2D eigenvalue weighted by Crippen LogP contribution is 2.17. The molecule has 71 heavy (non-hydrogen) atoms. The third-order valence-electron chi connectivity index (χ3n) is 14.1. The number of allylic oxidation sites excluding steroid dienone is 6. The van der Waals surface area contributed by atoms with E-state index in [4.69, 9.17) is 14.2 Å². The molecule has 0 aliphatic heterocycles. The average molecular weight is 998 g/mol. The Morgan fingerprint density at radius 3 is 0.817 bits per heavy atom. The van der Waals surface area contributed by atoms with Gasteiger partial charge in [-0.15, -0.1) is 0 Å². The fourth-order valence-electron chi connectivity index (χ4n) is 9.35. The summed E-state index contributed by atoms with van der Waals surface area (Å²) >= 11 is 0. The van der Waals surface area contributed by atoms with Crippen molar-refractivity contribution in [2.45, 2.75) is 348 Å². The molecule has 0 radical (unpaired) electrons. The van der Waals surface area contributed by atoms with Crippen LogP contribution in [0.5, 0.6) is 0 Å². The molecular formula is C65H120O6. The molecule has 0 rings (SSSR count). The van der Waals surface area contributed by atoms with Gasteiger partial charge in [0.25, 0.3) is 0 Å². The molecule has 0 fully saturated rings. The Labute approximate surface area is 442 Å². The molecule has 0 aliphatic carbocycles. The first-order valence-electron chi connectivity index (χ1n) is 31.5. The Kier molecular flexibility index (Phi) is 58.2. The summed E-state index contributed by atoms with van der Waals surface area (Å²) < 4.78 is 16.9. The number of rotatable bonds is 58. The summed E-state index contributed by atoms with van der Waals surface area (Å²) in [6.07, 6.45) is 72.8. The summed E-state index contributed by atoms with van der Waals surface area (Å²) in [6.45, 7) is 6.66. The zero-order valence-electron chi connectivity index (χ0n) is 47.8. The molecule has 0 saturated carbocycles. The minimum absolute atomic E-state index is 0.0730. The largest absolute Gasteiger partial charge is 0.462 e. The third-order valence-corrected chi connectivity index (χ3v) is 14.1. The molecule has 0 heterocycles. The van der Waals surface area contributed by atoms with Gasteiger partial charge < -0.3 is 14.2 Å². The van der Waals surface area contributed by atoms with Crippen molar-refractivity contribution < 1.29 is 28.6 Å². The minimum atomic E-state index is -0.775. The average Bonchev–Trinajstić information content (AvgIpc) is 3.37. The van der Waals surface area contributed by atoms with Gasteiger partial charge in [-0.25, -0.2) is 0 Å². The van der Waals surface area contributed by atoms with Gasteiger partial charge >= 0.3 is 17.9 Å². The van der Waals surface area contributed by atoms with Crippen LogP contribution in [-0.4, -0.2) is 37.2 Å². The summed E-state index contributed by atoms with van der Waals surface area (Å²) in [5.41, 5.74) is 0. The Bertz CT molecular complexity index is 1190. The topological polar surface area (TPSA) is 78.9 Å². The summed E-state index contributed by atoms with van der Waals surface area (Å²) in [4.78, 5) is 38.3. The van der Waals surface area contributed by atoms with E-state index in [0.717, 1.165) is 70.6 Å². The fraction of sp³-hybridized carbons (Fsp3) is 0.862. The molecule has 6 nitrogen and oxygen atoms in total. The van der Waals surface area contributed by atoms with Crippen molar-refractivity contribution in [2.24, 2.45) is 0 Å². The van der Waals surface area contributed by atoms with Crippen LogP contribution in [0.25, 0.3) is 0 Å². The molecule has 416 valence electrons. The van der Waals surface area contributed by atoms with Crippen molar-refractivity contribution in [3.8, 4) is 0 Å². The zero-order chi connectivity index (χ0) is 51.4. The monoisotopic (exact) mass is 997 g/mol. The Hall–Kier alpha value is -2.37. The van der Waals surface area contributed by atoms with E-state index in [-0.39, 0.29) is 31.1 Å². The fourth-order valence-corrected chi connectivity index (χ4v) is 9.35. The molecule has 0 amide bonds. The van der Waals surface area contributed by atoms with Gasteiger partial charge in [0, 0.05) is 19.3 Å². The van der Waals surface area contributed by atoms with Gasteiger partial charge in [-0.1, -0.05) is 282 Å². The van der Waals surface area contributed by atoms with Gasteiger partial charge in [-0.05, 0) is 77.0 Å². The van der Waals surface area contributed by atoms with E-state index in [1.165, 1.54) is 231 Å². The van der Waals surface area contributed by atoms with Crippen molar-refractivity contribution in [2.75, 3.05) is 13.2 Å². The van der Waals surface area contributed by atoms with E-state index in [1.807, 2.05) is 0 Å². The first kappa shape index (κ1) is 68.6. The van der Waals surface area contributed by atoms with Crippen LogP contribution < -0.4 is 0 Å². The molecule has 0 bridgehead atoms. The quantitative estimate of drug-likeness (QED) is 0.0261. The maximum absolute atomic E-state index is 12.9. The van der Waals surface area contributed by atoms with Crippen LogP contribution in [0.1, 0.15) is 342 Å². The molecule has 0 saturated heterocycles. The van der Waals surface area contributed by atoms with Crippen molar-refractivity contribution in [1.29, 1.82) is 0 Å². The number of hydrogen-bond donors (Lipinski definition) is 0. The minimum Gasteiger partial charge on any atom is -0.462 e. The van der Waals surface area contributed by atoms with Gasteiger partial charge in [0.15, 0.2) is 6.10 Å². The first-order valence-corrected chi connectivity index (χ1v) is 31.5. The van der Waals surface area contributed by atoms with Crippen LogP contribution in [0, 0.1) is 0 Å². The summed E-state index contributed by atoms with van der Waals surface area (Å²) in [5, 5.41) is 0. The van der Waals surface area contributed by atoms with Crippen LogP contribution in [0.3, 0.4) is 0 Å². The van der Waals surface area contributed by atoms with E-state index >= 15 is 0 Å². The van der Waals surface area contributed by atoms with E-state index in [9.17, 15) is 14.4 Å². The molecule has 0 spiro atoms. The molecule has 1 atom stereocenters. The molecule has 0 aromatic rings. The molecule has 0 unspecified atom stereocenters. The van der Waals surface area contributed by atoms with Crippen LogP contribution in [0.2, 0.25) is 0 Å². The molecule has 0 N–H and O–H groups in total. The lowest BCUT2D eigenvalue weighted by atomic mass is 10.0. The van der Waals surface area contributed by atoms with Gasteiger partial charge in [0.05, 0.1) is 0 Å².